The van der Waals surface area contributed by atoms with E-state index in [4.69, 9.17) is 11.6 Å². The lowest BCUT2D eigenvalue weighted by Gasteiger charge is -2.28. The highest BCUT2D eigenvalue weighted by atomic mass is 35.5. The minimum Gasteiger partial charge on any atom is -0.298 e. The average Bonchev–Trinajstić information content (AvgIpc) is 2.84. The minimum atomic E-state index is -3.31. The normalized spacial score (nSPS) is 16.7. The van der Waals surface area contributed by atoms with Crippen molar-refractivity contribution in [3.63, 3.8) is 0 Å². The fourth-order valence-corrected chi connectivity index (χ4v) is 5.31. The Hall–Kier alpha value is -1.64. The summed E-state index contributed by atoms with van der Waals surface area (Å²) in [6.07, 6.45) is 1.47. The molecule has 6 nitrogen and oxygen atoms in total. The predicted molar refractivity (Wildman–Crippen MR) is 101 cm³/mol. The van der Waals surface area contributed by atoms with Crippen LogP contribution in [0.5, 0.6) is 0 Å². The van der Waals surface area contributed by atoms with Crippen LogP contribution in [0.15, 0.2) is 18.2 Å². The van der Waals surface area contributed by atoms with Gasteiger partial charge in [-0.1, -0.05) is 11.6 Å². The van der Waals surface area contributed by atoms with Gasteiger partial charge in [0, 0.05) is 11.4 Å². The largest absolute Gasteiger partial charge is 0.298 e. The number of anilines is 2. The SMILES string of the molecule is Cc1nc(NC(=O)c2ccc(N3CCCCS3(=O)=O)cc2Cl)sc1C. The quantitative estimate of drug-likeness (QED) is 0.855. The van der Waals surface area contributed by atoms with Crippen LogP contribution in [0.25, 0.3) is 0 Å². The molecule has 2 aromatic rings. The number of rotatable bonds is 3. The van der Waals surface area contributed by atoms with Gasteiger partial charge < -0.3 is 0 Å². The third-order valence-corrected chi connectivity index (χ3v) is 7.25. The molecule has 0 unspecified atom stereocenters. The molecule has 0 spiro atoms. The van der Waals surface area contributed by atoms with E-state index in [9.17, 15) is 13.2 Å². The smallest absolute Gasteiger partial charge is 0.258 e. The Labute approximate surface area is 155 Å². The van der Waals surface area contributed by atoms with Gasteiger partial charge in [0.1, 0.15) is 0 Å². The van der Waals surface area contributed by atoms with Crippen molar-refractivity contribution in [2.45, 2.75) is 26.7 Å². The first-order valence-corrected chi connectivity index (χ1v) is 10.6. The van der Waals surface area contributed by atoms with Crippen LogP contribution in [0.4, 0.5) is 10.8 Å². The molecule has 0 radical (unpaired) electrons. The zero-order chi connectivity index (χ0) is 18.2. The van der Waals surface area contributed by atoms with Crippen molar-refractivity contribution in [2.75, 3.05) is 21.9 Å². The lowest BCUT2D eigenvalue weighted by molar-refractivity contribution is 0.102. The molecule has 1 aliphatic heterocycles. The molecule has 25 heavy (non-hydrogen) atoms. The first kappa shape index (κ1) is 18.2. The van der Waals surface area contributed by atoms with Crippen LogP contribution in [0.3, 0.4) is 0 Å². The number of aromatic nitrogens is 1. The number of sulfonamides is 1. The number of hydrogen-bond acceptors (Lipinski definition) is 5. The van der Waals surface area contributed by atoms with E-state index in [-0.39, 0.29) is 22.2 Å². The Balaban J connectivity index is 1.83. The fourth-order valence-electron chi connectivity index (χ4n) is 2.61. The molecule has 2 heterocycles. The van der Waals surface area contributed by atoms with Crippen LogP contribution in [0.2, 0.25) is 5.02 Å². The first-order valence-electron chi connectivity index (χ1n) is 7.83. The number of hydrogen-bond donors (Lipinski definition) is 1. The molecule has 0 atom stereocenters. The average molecular weight is 400 g/mol. The number of carbonyl (C=O) groups excluding carboxylic acids is 1. The highest BCUT2D eigenvalue weighted by molar-refractivity contribution is 7.92. The van der Waals surface area contributed by atoms with Gasteiger partial charge in [-0.05, 0) is 44.9 Å². The van der Waals surface area contributed by atoms with Crippen LogP contribution in [0, 0.1) is 13.8 Å². The molecule has 0 saturated carbocycles. The summed E-state index contributed by atoms with van der Waals surface area (Å²) in [5, 5.41) is 3.45. The lowest BCUT2D eigenvalue weighted by Crippen LogP contribution is -2.37. The molecule has 1 fully saturated rings. The topological polar surface area (TPSA) is 79.4 Å². The molecule has 0 bridgehead atoms. The molecule has 9 heteroatoms. The molecule has 1 saturated heterocycles. The van der Waals surface area contributed by atoms with Gasteiger partial charge in [-0.3, -0.25) is 14.4 Å². The minimum absolute atomic E-state index is 0.135. The van der Waals surface area contributed by atoms with E-state index in [1.165, 1.54) is 21.7 Å². The van der Waals surface area contributed by atoms with Gasteiger partial charge in [0.15, 0.2) is 5.13 Å². The second-order valence-electron chi connectivity index (χ2n) is 5.87. The van der Waals surface area contributed by atoms with Crippen molar-refractivity contribution in [3.8, 4) is 0 Å². The van der Waals surface area contributed by atoms with Crippen molar-refractivity contribution in [3.05, 3.63) is 39.4 Å². The van der Waals surface area contributed by atoms with Gasteiger partial charge in [0.2, 0.25) is 10.0 Å². The molecule has 1 aromatic heterocycles. The van der Waals surface area contributed by atoms with E-state index < -0.39 is 10.0 Å². The van der Waals surface area contributed by atoms with E-state index in [1.54, 1.807) is 12.1 Å². The number of aryl methyl sites for hydroxylation is 2. The van der Waals surface area contributed by atoms with Gasteiger partial charge in [0.25, 0.3) is 5.91 Å². The number of halogens is 1. The molecule has 1 amide bonds. The highest BCUT2D eigenvalue weighted by Crippen LogP contribution is 2.29. The maximum absolute atomic E-state index is 12.4. The van der Waals surface area contributed by atoms with Crippen molar-refractivity contribution in [2.24, 2.45) is 0 Å². The van der Waals surface area contributed by atoms with Crippen LogP contribution in [-0.2, 0) is 10.0 Å². The second-order valence-corrected chi connectivity index (χ2v) is 9.50. The molecule has 1 N–H and O–H groups in total. The number of benzene rings is 1. The summed E-state index contributed by atoms with van der Waals surface area (Å²) in [5.41, 5.74) is 1.64. The Bertz CT molecular complexity index is 905. The number of carbonyl (C=O) groups is 1. The molecular formula is C16H18ClN3O3S2. The maximum Gasteiger partial charge on any atom is 0.258 e. The first-order chi connectivity index (χ1) is 11.8. The van der Waals surface area contributed by atoms with Gasteiger partial charge in [0.05, 0.1) is 27.7 Å². The zero-order valence-electron chi connectivity index (χ0n) is 13.9. The molecule has 1 aliphatic rings. The van der Waals surface area contributed by atoms with Crippen LogP contribution >= 0.6 is 22.9 Å². The zero-order valence-corrected chi connectivity index (χ0v) is 16.3. The van der Waals surface area contributed by atoms with Crippen molar-refractivity contribution in [1.29, 1.82) is 0 Å². The third kappa shape index (κ3) is 3.80. The van der Waals surface area contributed by atoms with E-state index in [0.29, 0.717) is 23.8 Å². The van der Waals surface area contributed by atoms with Gasteiger partial charge in [-0.15, -0.1) is 11.3 Å². The van der Waals surface area contributed by atoms with Crippen LogP contribution in [0.1, 0.15) is 33.8 Å². The lowest BCUT2D eigenvalue weighted by atomic mass is 10.2. The van der Waals surface area contributed by atoms with Crippen molar-refractivity contribution >= 4 is 49.7 Å². The van der Waals surface area contributed by atoms with E-state index in [2.05, 4.69) is 10.3 Å². The monoisotopic (exact) mass is 399 g/mol. The number of nitrogens with zero attached hydrogens (tertiary/aromatic N) is 2. The summed E-state index contributed by atoms with van der Waals surface area (Å²) in [6.45, 7) is 4.24. The molecule has 0 aliphatic carbocycles. The van der Waals surface area contributed by atoms with Crippen molar-refractivity contribution in [1.82, 2.24) is 4.98 Å². The number of amides is 1. The number of nitrogens with one attached hydrogen (secondary N) is 1. The Morgan fingerprint density at radius 3 is 2.68 bits per heavy atom. The summed E-state index contributed by atoms with van der Waals surface area (Å²) in [5.74, 6) is -0.234. The molecular weight excluding hydrogens is 382 g/mol. The standard InChI is InChI=1S/C16H18ClN3O3S2/c1-10-11(2)24-16(18-10)19-15(21)13-6-5-12(9-14(13)17)20-7-3-4-8-25(20,22)23/h5-6,9H,3-4,7-8H2,1-2H3,(H,18,19,21). The summed E-state index contributed by atoms with van der Waals surface area (Å²) in [7, 11) is -3.31. The van der Waals surface area contributed by atoms with Crippen molar-refractivity contribution < 1.29 is 13.2 Å². The maximum atomic E-state index is 12.4. The van der Waals surface area contributed by atoms with E-state index >= 15 is 0 Å². The van der Waals surface area contributed by atoms with Gasteiger partial charge >= 0.3 is 0 Å². The Morgan fingerprint density at radius 2 is 2.08 bits per heavy atom. The number of thiazole rings is 1. The van der Waals surface area contributed by atoms with Gasteiger partial charge in [-0.2, -0.15) is 0 Å². The van der Waals surface area contributed by atoms with E-state index in [0.717, 1.165) is 17.0 Å². The molecule has 3 rings (SSSR count). The Morgan fingerprint density at radius 1 is 1.32 bits per heavy atom. The second kappa shape index (κ2) is 6.93. The summed E-state index contributed by atoms with van der Waals surface area (Å²) in [4.78, 5) is 17.7. The predicted octanol–water partition coefficient (Wildman–Crippen LogP) is 3.60. The Kier molecular flexibility index (Phi) is 5.04. The fraction of sp³-hybridized carbons (Fsp3) is 0.375. The summed E-state index contributed by atoms with van der Waals surface area (Å²) in [6, 6.07) is 4.68. The molecule has 1 aromatic carbocycles. The third-order valence-electron chi connectivity index (χ3n) is 4.08. The van der Waals surface area contributed by atoms with E-state index in [1.807, 2.05) is 13.8 Å². The molecule has 134 valence electrons. The highest BCUT2D eigenvalue weighted by Gasteiger charge is 2.26. The summed E-state index contributed by atoms with van der Waals surface area (Å²) >= 11 is 7.64. The van der Waals surface area contributed by atoms with Gasteiger partial charge in [-0.25, -0.2) is 13.4 Å². The summed E-state index contributed by atoms with van der Waals surface area (Å²) < 4.78 is 25.7. The van der Waals surface area contributed by atoms with Crippen LogP contribution < -0.4 is 9.62 Å². The van der Waals surface area contributed by atoms with Crippen LogP contribution in [-0.4, -0.2) is 31.6 Å².